The summed E-state index contributed by atoms with van der Waals surface area (Å²) in [6.45, 7) is 2.34. The number of benzene rings is 2. The number of amides is 1. The fraction of sp³-hybridized carbons (Fsp3) is 0.211. The fourth-order valence-corrected chi connectivity index (χ4v) is 3.19. The Morgan fingerprint density at radius 3 is 2.88 bits per heavy atom. The van der Waals surface area contributed by atoms with Gasteiger partial charge in [0.05, 0.1) is 5.92 Å². The molecule has 3 aromatic rings. The molecule has 4 rings (SSSR count). The molecule has 0 radical (unpaired) electrons. The van der Waals surface area contributed by atoms with E-state index in [1.54, 1.807) is 23.1 Å². The van der Waals surface area contributed by atoms with Crippen molar-refractivity contribution in [2.75, 3.05) is 11.4 Å². The molecule has 1 aliphatic rings. The molecule has 1 fully saturated rings. The van der Waals surface area contributed by atoms with E-state index in [0.717, 1.165) is 11.3 Å². The zero-order chi connectivity index (χ0) is 18.3. The van der Waals surface area contributed by atoms with Crippen molar-refractivity contribution in [1.29, 1.82) is 0 Å². The van der Waals surface area contributed by atoms with Crippen LogP contribution in [0.5, 0.6) is 0 Å². The minimum absolute atomic E-state index is 0.0274. The number of anilines is 1. The second-order valence-electron chi connectivity index (χ2n) is 6.31. The average molecular weight is 372 g/mol. The Bertz CT molecular complexity index is 988. The summed E-state index contributed by atoms with van der Waals surface area (Å²) in [6.07, 6.45) is 0.274. The van der Waals surface area contributed by atoms with Gasteiger partial charge in [-0.1, -0.05) is 35.0 Å². The number of hydrogen-bond donors (Lipinski definition) is 0. The Balaban J connectivity index is 1.56. The lowest BCUT2D eigenvalue weighted by Crippen LogP contribution is -2.24. The van der Waals surface area contributed by atoms with Crippen LogP contribution in [-0.4, -0.2) is 22.6 Å². The molecule has 7 heteroatoms. The first-order chi connectivity index (χ1) is 12.5. The summed E-state index contributed by atoms with van der Waals surface area (Å²) >= 11 is 6.17. The van der Waals surface area contributed by atoms with Gasteiger partial charge in [0.2, 0.25) is 17.6 Å². The van der Waals surface area contributed by atoms with E-state index in [-0.39, 0.29) is 24.1 Å². The molecule has 0 saturated carbocycles. The maximum atomic E-state index is 13.4. The first kappa shape index (κ1) is 16.7. The van der Waals surface area contributed by atoms with Crippen molar-refractivity contribution < 1.29 is 13.7 Å². The maximum absolute atomic E-state index is 13.4. The van der Waals surface area contributed by atoms with Crippen LogP contribution < -0.4 is 4.90 Å². The quantitative estimate of drug-likeness (QED) is 0.686. The van der Waals surface area contributed by atoms with E-state index in [4.69, 9.17) is 16.1 Å². The van der Waals surface area contributed by atoms with Crippen LogP contribution in [0.1, 0.15) is 23.8 Å². The third-order valence-electron chi connectivity index (χ3n) is 4.47. The summed E-state index contributed by atoms with van der Waals surface area (Å²) < 4.78 is 18.7. The van der Waals surface area contributed by atoms with Crippen molar-refractivity contribution >= 4 is 23.2 Å². The second-order valence-corrected chi connectivity index (χ2v) is 6.71. The molecular weight excluding hydrogens is 357 g/mol. The predicted molar refractivity (Wildman–Crippen MR) is 95.6 cm³/mol. The van der Waals surface area contributed by atoms with Crippen molar-refractivity contribution in [1.82, 2.24) is 10.1 Å². The number of aryl methyl sites for hydroxylation is 1. The maximum Gasteiger partial charge on any atom is 0.232 e. The lowest BCUT2D eigenvalue weighted by Gasteiger charge is -2.17. The standard InChI is InChI=1S/C19H15ClFN3O2/c1-11-5-6-15(9-16(11)20)24-10-13(8-17(24)25)19-22-18(23-26-19)12-3-2-4-14(21)7-12/h2-7,9,13H,8,10H2,1H3. The van der Waals surface area contributed by atoms with Crippen molar-refractivity contribution in [2.24, 2.45) is 0 Å². The molecule has 132 valence electrons. The molecule has 1 unspecified atom stereocenters. The van der Waals surface area contributed by atoms with Crippen molar-refractivity contribution in [3.8, 4) is 11.4 Å². The smallest absolute Gasteiger partial charge is 0.232 e. The third kappa shape index (κ3) is 3.08. The average Bonchev–Trinajstić information content (AvgIpc) is 3.24. The number of halogens is 2. The van der Waals surface area contributed by atoms with Gasteiger partial charge in [0, 0.05) is 29.2 Å². The highest BCUT2D eigenvalue weighted by atomic mass is 35.5. The first-order valence-electron chi connectivity index (χ1n) is 8.17. The van der Waals surface area contributed by atoms with E-state index in [1.807, 2.05) is 19.1 Å². The van der Waals surface area contributed by atoms with Crippen LogP contribution in [-0.2, 0) is 4.79 Å². The molecule has 1 amide bonds. The number of carbonyl (C=O) groups is 1. The van der Waals surface area contributed by atoms with Crippen molar-refractivity contribution in [3.63, 3.8) is 0 Å². The Kier molecular flexibility index (Phi) is 4.20. The van der Waals surface area contributed by atoms with Gasteiger partial charge in [0.15, 0.2) is 0 Å². The normalized spacial score (nSPS) is 17.1. The Labute approximate surface area is 154 Å². The van der Waals surface area contributed by atoms with Crippen LogP contribution in [0.4, 0.5) is 10.1 Å². The van der Waals surface area contributed by atoms with Crippen molar-refractivity contribution in [2.45, 2.75) is 19.3 Å². The van der Waals surface area contributed by atoms with Crippen LogP contribution in [0.2, 0.25) is 5.02 Å². The van der Waals surface area contributed by atoms with Gasteiger partial charge in [-0.05, 0) is 36.8 Å². The Morgan fingerprint density at radius 1 is 1.27 bits per heavy atom. The fourth-order valence-electron chi connectivity index (χ4n) is 3.02. The predicted octanol–water partition coefficient (Wildman–Crippen LogP) is 4.36. The van der Waals surface area contributed by atoms with E-state index in [2.05, 4.69) is 10.1 Å². The summed E-state index contributed by atoms with van der Waals surface area (Å²) in [5, 5.41) is 4.53. The summed E-state index contributed by atoms with van der Waals surface area (Å²) in [7, 11) is 0. The van der Waals surface area contributed by atoms with Gasteiger partial charge >= 0.3 is 0 Å². The molecule has 1 aromatic heterocycles. The lowest BCUT2D eigenvalue weighted by molar-refractivity contribution is -0.117. The highest BCUT2D eigenvalue weighted by Gasteiger charge is 2.35. The van der Waals surface area contributed by atoms with Crippen LogP contribution in [0.25, 0.3) is 11.4 Å². The highest BCUT2D eigenvalue weighted by molar-refractivity contribution is 6.31. The van der Waals surface area contributed by atoms with E-state index in [0.29, 0.717) is 28.8 Å². The van der Waals surface area contributed by atoms with E-state index in [1.165, 1.54) is 12.1 Å². The monoisotopic (exact) mass is 371 g/mol. The SMILES string of the molecule is Cc1ccc(N2CC(c3nc(-c4cccc(F)c4)no3)CC2=O)cc1Cl. The third-order valence-corrected chi connectivity index (χ3v) is 4.87. The number of aromatic nitrogens is 2. The molecule has 2 aromatic carbocycles. The Morgan fingerprint density at radius 2 is 2.12 bits per heavy atom. The summed E-state index contributed by atoms with van der Waals surface area (Å²) in [5.41, 5.74) is 2.24. The topological polar surface area (TPSA) is 59.2 Å². The molecule has 0 aliphatic carbocycles. The van der Waals surface area contributed by atoms with Gasteiger partial charge in [-0.25, -0.2) is 4.39 Å². The second kappa shape index (κ2) is 6.53. The summed E-state index contributed by atoms with van der Waals surface area (Å²) in [5.74, 6) is 0.0761. The summed E-state index contributed by atoms with van der Waals surface area (Å²) in [4.78, 5) is 18.4. The molecule has 0 N–H and O–H groups in total. The summed E-state index contributed by atoms with van der Waals surface area (Å²) in [6, 6.07) is 11.5. The largest absolute Gasteiger partial charge is 0.339 e. The molecule has 0 spiro atoms. The molecule has 5 nitrogen and oxygen atoms in total. The number of nitrogens with zero attached hydrogens (tertiary/aromatic N) is 3. The molecule has 1 atom stereocenters. The van der Waals surface area contributed by atoms with Crippen LogP contribution in [0.3, 0.4) is 0 Å². The van der Waals surface area contributed by atoms with Crippen LogP contribution >= 0.6 is 11.6 Å². The molecular formula is C19H15ClFN3O2. The van der Waals surface area contributed by atoms with E-state index in [9.17, 15) is 9.18 Å². The van der Waals surface area contributed by atoms with Gasteiger partial charge < -0.3 is 9.42 Å². The van der Waals surface area contributed by atoms with Gasteiger partial charge in [-0.2, -0.15) is 4.98 Å². The molecule has 0 bridgehead atoms. The molecule has 2 heterocycles. The van der Waals surface area contributed by atoms with Crippen molar-refractivity contribution in [3.05, 3.63) is 64.8 Å². The minimum atomic E-state index is -0.368. The van der Waals surface area contributed by atoms with Gasteiger partial charge in [0.25, 0.3) is 0 Å². The molecule has 1 saturated heterocycles. The van der Waals surface area contributed by atoms with Crippen LogP contribution in [0, 0.1) is 12.7 Å². The molecule has 1 aliphatic heterocycles. The lowest BCUT2D eigenvalue weighted by atomic mass is 10.1. The van der Waals surface area contributed by atoms with Gasteiger partial charge in [-0.15, -0.1) is 0 Å². The number of hydrogen-bond acceptors (Lipinski definition) is 4. The van der Waals surface area contributed by atoms with Gasteiger partial charge in [0.1, 0.15) is 5.82 Å². The zero-order valence-electron chi connectivity index (χ0n) is 13.9. The number of carbonyl (C=O) groups excluding carboxylic acids is 1. The van der Waals surface area contributed by atoms with Gasteiger partial charge in [-0.3, -0.25) is 4.79 Å². The Hall–Kier alpha value is -2.73. The molecule has 26 heavy (non-hydrogen) atoms. The highest BCUT2D eigenvalue weighted by Crippen LogP contribution is 2.33. The zero-order valence-corrected chi connectivity index (χ0v) is 14.7. The minimum Gasteiger partial charge on any atom is -0.339 e. The number of rotatable bonds is 3. The van der Waals surface area contributed by atoms with E-state index < -0.39 is 0 Å². The first-order valence-corrected chi connectivity index (χ1v) is 8.55. The van der Waals surface area contributed by atoms with Crippen LogP contribution in [0.15, 0.2) is 47.0 Å². The van der Waals surface area contributed by atoms with E-state index >= 15 is 0 Å².